The van der Waals surface area contributed by atoms with Crippen molar-refractivity contribution in [3.8, 4) is 0 Å². The Bertz CT molecular complexity index is 348. The van der Waals surface area contributed by atoms with Gasteiger partial charge in [0.1, 0.15) is 6.10 Å². The number of rotatable bonds is 4. The number of carbonyl (C=O) groups is 1. The predicted octanol–water partition coefficient (Wildman–Crippen LogP) is 0.964. The first-order valence-corrected chi connectivity index (χ1v) is 7.34. The van der Waals surface area contributed by atoms with Gasteiger partial charge in [-0.25, -0.2) is 0 Å². The Kier molecular flexibility index (Phi) is 5.17. The Morgan fingerprint density at radius 1 is 1.20 bits per heavy atom. The van der Waals surface area contributed by atoms with Crippen LogP contribution in [-0.4, -0.2) is 48.2 Å². The molecular formula is C13H23N3O4. The second-order valence-corrected chi connectivity index (χ2v) is 5.89. The minimum absolute atomic E-state index is 0.0127. The van der Waals surface area contributed by atoms with Crippen molar-refractivity contribution in [2.75, 3.05) is 20.1 Å². The fourth-order valence-electron chi connectivity index (χ4n) is 3.02. The fraction of sp³-hybridized carbons (Fsp3) is 0.923. The Labute approximate surface area is 118 Å². The summed E-state index contributed by atoms with van der Waals surface area (Å²) >= 11 is 0. The standard InChI is InChI=1S/C13H23N3O4/c1-15-8-6-11(7-9-15)14-13(17)10-2-4-12(5-3-10)20-16(18)19/h10-12H,2-9H2,1H3,(H,14,17). The average molecular weight is 285 g/mol. The summed E-state index contributed by atoms with van der Waals surface area (Å²) < 4.78 is 0. The lowest BCUT2D eigenvalue weighted by Gasteiger charge is -2.32. The molecule has 2 fully saturated rings. The van der Waals surface area contributed by atoms with Crippen molar-refractivity contribution in [1.29, 1.82) is 0 Å². The summed E-state index contributed by atoms with van der Waals surface area (Å²) in [7, 11) is 2.09. The van der Waals surface area contributed by atoms with Crippen LogP contribution in [0.25, 0.3) is 0 Å². The Morgan fingerprint density at radius 3 is 2.35 bits per heavy atom. The van der Waals surface area contributed by atoms with E-state index in [1.807, 2.05) is 0 Å². The van der Waals surface area contributed by atoms with Crippen molar-refractivity contribution >= 4 is 5.91 Å². The summed E-state index contributed by atoms with van der Waals surface area (Å²) in [4.78, 5) is 29.3. The van der Waals surface area contributed by atoms with Gasteiger partial charge in [0.25, 0.3) is 5.09 Å². The van der Waals surface area contributed by atoms with Gasteiger partial charge in [0.2, 0.25) is 5.91 Å². The maximum atomic E-state index is 12.2. The van der Waals surface area contributed by atoms with Crippen molar-refractivity contribution in [3.05, 3.63) is 10.1 Å². The van der Waals surface area contributed by atoms with Gasteiger partial charge in [0.05, 0.1) is 0 Å². The van der Waals surface area contributed by atoms with Gasteiger partial charge in [-0.3, -0.25) is 4.79 Å². The van der Waals surface area contributed by atoms with E-state index in [1.165, 1.54) is 0 Å². The molecule has 0 aromatic rings. The van der Waals surface area contributed by atoms with Crippen molar-refractivity contribution in [3.63, 3.8) is 0 Å². The zero-order valence-corrected chi connectivity index (χ0v) is 11.9. The number of hydrogen-bond acceptors (Lipinski definition) is 5. The van der Waals surface area contributed by atoms with Crippen LogP contribution in [0.15, 0.2) is 0 Å². The molecule has 0 aromatic carbocycles. The highest BCUT2D eigenvalue weighted by atomic mass is 17.0. The molecule has 114 valence electrons. The molecule has 20 heavy (non-hydrogen) atoms. The second kappa shape index (κ2) is 6.88. The van der Waals surface area contributed by atoms with Gasteiger partial charge >= 0.3 is 0 Å². The molecule has 1 aliphatic carbocycles. The van der Waals surface area contributed by atoms with Crippen LogP contribution < -0.4 is 5.32 Å². The summed E-state index contributed by atoms with van der Waals surface area (Å²) in [5, 5.41) is 12.7. The SMILES string of the molecule is CN1CCC(NC(=O)C2CCC(O[N+](=O)[O-])CC2)CC1. The van der Waals surface area contributed by atoms with E-state index in [1.54, 1.807) is 0 Å². The third-order valence-electron chi connectivity index (χ3n) is 4.35. The van der Waals surface area contributed by atoms with E-state index in [2.05, 4.69) is 22.1 Å². The van der Waals surface area contributed by atoms with E-state index in [-0.39, 0.29) is 24.0 Å². The minimum atomic E-state index is -0.733. The normalized spacial score (nSPS) is 28.9. The second-order valence-electron chi connectivity index (χ2n) is 5.89. The van der Waals surface area contributed by atoms with Crippen LogP contribution in [-0.2, 0) is 9.63 Å². The van der Waals surface area contributed by atoms with Crippen molar-refractivity contribution < 1.29 is 14.7 Å². The van der Waals surface area contributed by atoms with Gasteiger partial charge in [0, 0.05) is 12.0 Å². The summed E-state index contributed by atoms with van der Waals surface area (Å²) in [6.07, 6.45) is 4.20. The summed E-state index contributed by atoms with van der Waals surface area (Å²) in [6, 6.07) is 0.284. The zero-order chi connectivity index (χ0) is 14.5. The van der Waals surface area contributed by atoms with Crippen LogP contribution >= 0.6 is 0 Å². The average Bonchev–Trinajstić information content (AvgIpc) is 2.41. The molecule has 7 heteroatoms. The van der Waals surface area contributed by atoms with Gasteiger partial charge in [-0.05, 0) is 58.7 Å². The molecule has 0 radical (unpaired) electrons. The van der Waals surface area contributed by atoms with Crippen LogP contribution in [0.5, 0.6) is 0 Å². The number of hydrogen-bond donors (Lipinski definition) is 1. The van der Waals surface area contributed by atoms with Gasteiger partial charge in [0.15, 0.2) is 0 Å². The van der Waals surface area contributed by atoms with Crippen LogP contribution in [0, 0.1) is 16.0 Å². The van der Waals surface area contributed by atoms with E-state index < -0.39 is 5.09 Å². The lowest BCUT2D eigenvalue weighted by Crippen LogP contribution is -2.46. The minimum Gasteiger partial charge on any atom is -0.353 e. The smallest absolute Gasteiger partial charge is 0.294 e. The Morgan fingerprint density at radius 2 is 1.80 bits per heavy atom. The first kappa shape index (κ1) is 15.0. The number of nitrogens with zero attached hydrogens (tertiary/aromatic N) is 2. The van der Waals surface area contributed by atoms with Crippen molar-refractivity contribution in [2.24, 2.45) is 5.92 Å². The van der Waals surface area contributed by atoms with Crippen molar-refractivity contribution in [1.82, 2.24) is 10.2 Å². The number of piperidine rings is 1. The Hall–Kier alpha value is -1.37. The highest BCUT2D eigenvalue weighted by Gasteiger charge is 2.29. The molecule has 0 unspecified atom stereocenters. The largest absolute Gasteiger partial charge is 0.353 e. The first-order chi connectivity index (χ1) is 9.54. The fourth-order valence-corrected chi connectivity index (χ4v) is 3.02. The summed E-state index contributed by atoms with van der Waals surface area (Å²) in [6.45, 7) is 2.04. The van der Waals surface area contributed by atoms with Crippen LogP contribution in [0.2, 0.25) is 0 Å². The van der Waals surface area contributed by atoms with E-state index in [0.29, 0.717) is 25.7 Å². The molecule has 7 nitrogen and oxygen atoms in total. The molecule has 0 aromatic heterocycles. The zero-order valence-electron chi connectivity index (χ0n) is 11.9. The maximum Gasteiger partial charge on any atom is 0.294 e. The predicted molar refractivity (Wildman–Crippen MR) is 72.5 cm³/mol. The monoisotopic (exact) mass is 285 g/mol. The van der Waals surface area contributed by atoms with E-state index >= 15 is 0 Å². The van der Waals surface area contributed by atoms with Gasteiger partial charge in [-0.15, -0.1) is 10.1 Å². The quantitative estimate of drug-likeness (QED) is 0.614. The molecule has 1 heterocycles. The van der Waals surface area contributed by atoms with Gasteiger partial charge in [-0.1, -0.05) is 0 Å². The number of nitrogens with one attached hydrogen (secondary N) is 1. The molecular weight excluding hydrogens is 262 g/mol. The number of amides is 1. The third kappa shape index (κ3) is 4.33. The summed E-state index contributed by atoms with van der Waals surface area (Å²) in [5.74, 6) is 0.0976. The Balaban J connectivity index is 1.70. The van der Waals surface area contributed by atoms with Gasteiger partial charge in [-0.2, -0.15) is 0 Å². The molecule has 1 aliphatic heterocycles. The van der Waals surface area contributed by atoms with Crippen LogP contribution in [0.4, 0.5) is 0 Å². The van der Waals surface area contributed by atoms with E-state index in [4.69, 9.17) is 0 Å². The summed E-state index contributed by atoms with van der Waals surface area (Å²) in [5.41, 5.74) is 0. The van der Waals surface area contributed by atoms with Gasteiger partial charge < -0.3 is 15.1 Å². The molecule has 1 N–H and O–H groups in total. The van der Waals surface area contributed by atoms with Crippen LogP contribution in [0.1, 0.15) is 38.5 Å². The molecule has 1 saturated heterocycles. The molecule has 0 bridgehead atoms. The molecule has 2 aliphatic rings. The number of likely N-dealkylation sites (tertiary alicyclic amines) is 1. The topological polar surface area (TPSA) is 84.7 Å². The van der Waals surface area contributed by atoms with Crippen LogP contribution in [0.3, 0.4) is 0 Å². The lowest BCUT2D eigenvalue weighted by molar-refractivity contribution is -0.769. The molecule has 0 spiro atoms. The molecule has 2 rings (SSSR count). The third-order valence-corrected chi connectivity index (χ3v) is 4.35. The van der Waals surface area contributed by atoms with E-state index in [9.17, 15) is 14.9 Å². The molecule has 1 amide bonds. The molecule has 1 saturated carbocycles. The maximum absolute atomic E-state index is 12.2. The molecule has 0 atom stereocenters. The van der Waals surface area contributed by atoms with E-state index in [0.717, 1.165) is 25.9 Å². The lowest BCUT2D eigenvalue weighted by atomic mass is 9.86. The highest BCUT2D eigenvalue weighted by molar-refractivity contribution is 5.79. The first-order valence-electron chi connectivity index (χ1n) is 7.34. The highest BCUT2D eigenvalue weighted by Crippen LogP contribution is 2.26. The number of carbonyl (C=O) groups excluding carboxylic acids is 1. The van der Waals surface area contributed by atoms with Crippen molar-refractivity contribution in [2.45, 2.75) is 50.7 Å².